The lowest BCUT2D eigenvalue weighted by molar-refractivity contribution is 0.362. The van der Waals surface area contributed by atoms with Gasteiger partial charge in [0.1, 0.15) is 29.0 Å². The van der Waals surface area contributed by atoms with Crippen molar-refractivity contribution in [2.75, 3.05) is 6.61 Å². The zero-order valence-electron chi connectivity index (χ0n) is 9.09. The first-order valence-corrected chi connectivity index (χ1v) is 5.91. The fourth-order valence-electron chi connectivity index (χ4n) is 1.45. The third-order valence-electron chi connectivity index (χ3n) is 2.16. The predicted molar refractivity (Wildman–Crippen MR) is 68.0 cm³/mol. The van der Waals surface area contributed by atoms with Crippen molar-refractivity contribution in [2.45, 2.75) is 0 Å². The normalized spacial score (nSPS) is 9.59. The summed E-state index contributed by atoms with van der Waals surface area (Å²) in [4.78, 5) is 4.21. The fraction of sp³-hybridized carbons (Fsp3) is 0.0769. The molecule has 0 unspecified atom stereocenters. The van der Waals surface area contributed by atoms with E-state index in [1.165, 1.54) is 11.3 Å². The first-order chi connectivity index (χ1) is 8.36. The Balaban J connectivity index is 2.47. The van der Waals surface area contributed by atoms with Gasteiger partial charge < -0.3 is 4.74 Å². The van der Waals surface area contributed by atoms with Crippen LogP contribution in [0.4, 0.5) is 0 Å². The smallest absolute Gasteiger partial charge is 0.138 e. The van der Waals surface area contributed by atoms with Gasteiger partial charge in [-0.05, 0) is 6.07 Å². The van der Waals surface area contributed by atoms with Crippen molar-refractivity contribution in [3.8, 4) is 22.4 Å². The number of hydrogen-bond acceptors (Lipinski definition) is 4. The third-order valence-corrected chi connectivity index (χ3v) is 2.96. The van der Waals surface area contributed by atoms with Gasteiger partial charge in [0, 0.05) is 17.1 Å². The van der Waals surface area contributed by atoms with E-state index in [4.69, 9.17) is 4.74 Å². The molecule has 0 atom stereocenters. The maximum Gasteiger partial charge on any atom is 0.138 e. The molecule has 0 aliphatic carbocycles. The molecule has 0 amide bonds. The quantitative estimate of drug-likeness (QED) is 0.773. The Morgan fingerprint density at radius 2 is 2.41 bits per heavy atom. The number of ether oxygens (including phenoxy) is 1. The van der Waals surface area contributed by atoms with Gasteiger partial charge in [-0.2, -0.15) is 5.26 Å². The molecule has 0 saturated heterocycles. The fourth-order valence-corrected chi connectivity index (χ4v) is 2.12. The van der Waals surface area contributed by atoms with E-state index in [2.05, 4.69) is 17.6 Å². The van der Waals surface area contributed by atoms with E-state index < -0.39 is 0 Å². The summed E-state index contributed by atoms with van der Waals surface area (Å²) in [7, 11) is 0. The Bertz CT molecular complexity index is 555. The lowest BCUT2D eigenvalue weighted by Crippen LogP contribution is -1.96. The number of benzene rings is 1. The van der Waals surface area contributed by atoms with Gasteiger partial charge in [-0.15, -0.1) is 11.3 Å². The van der Waals surface area contributed by atoms with Crippen LogP contribution in [0.5, 0.6) is 5.75 Å². The summed E-state index contributed by atoms with van der Waals surface area (Å²) in [5.74, 6) is 0.570. The maximum absolute atomic E-state index is 9.22. The van der Waals surface area contributed by atoms with Crippen molar-refractivity contribution >= 4 is 11.3 Å². The molecule has 0 saturated carbocycles. The number of rotatable bonds is 4. The number of nitrogens with zero attached hydrogens (tertiary/aromatic N) is 2. The van der Waals surface area contributed by atoms with Gasteiger partial charge in [0.05, 0.1) is 0 Å². The molecule has 2 aromatic rings. The van der Waals surface area contributed by atoms with Gasteiger partial charge in [0.2, 0.25) is 0 Å². The van der Waals surface area contributed by atoms with Crippen LogP contribution in [0.15, 0.2) is 42.4 Å². The Morgan fingerprint density at radius 1 is 1.53 bits per heavy atom. The second-order valence-electron chi connectivity index (χ2n) is 3.23. The molecule has 0 aliphatic rings. The molecule has 0 radical (unpaired) electrons. The highest BCUT2D eigenvalue weighted by atomic mass is 32.1. The Morgan fingerprint density at radius 3 is 3.06 bits per heavy atom. The topological polar surface area (TPSA) is 45.9 Å². The third kappa shape index (κ3) is 2.35. The molecular weight excluding hydrogens is 232 g/mol. The van der Waals surface area contributed by atoms with E-state index in [-0.39, 0.29) is 0 Å². The van der Waals surface area contributed by atoms with Crippen LogP contribution in [-0.4, -0.2) is 11.6 Å². The van der Waals surface area contributed by atoms with Gasteiger partial charge in [-0.3, -0.25) is 0 Å². The Hall–Kier alpha value is -2.12. The van der Waals surface area contributed by atoms with Crippen LogP contribution in [0.3, 0.4) is 0 Å². The summed E-state index contributed by atoms with van der Waals surface area (Å²) in [5.41, 5.74) is 1.33. The second-order valence-corrected chi connectivity index (χ2v) is 4.12. The van der Waals surface area contributed by atoms with Crippen LogP contribution >= 0.6 is 11.3 Å². The number of thiazole rings is 1. The Kier molecular flexibility index (Phi) is 3.53. The van der Waals surface area contributed by atoms with Gasteiger partial charge in [0.15, 0.2) is 0 Å². The van der Waals surface area contributed by atoms with E-state index >= 15 is 0 Å². The number of aromatic nitrogens is 1. The molecule has 0 N–H and O–H groups in total. The molecule has 17 heavy (non-hydrogen) atoms. The lowest BCUT2D eigenvalue weighted by atomic mass is 10.1. The molecule has 3 nitrogen and oxygen atoms in total. The van der Waals surface area contributed by atoms with Gasteiger partial charge >= 0.3 is 0 Å². The largest absolute Gasteiger partial charge is 0.488 e. The highest BCUT2D eigenvalue weighted by Gasteiger charge is 2.12. The van der Waals surface area contributed by atoms with Gasteiger partial charge in [-0.25, -0.2) is 4.98 Å². The minimum Gasteiger partial charge on any atom is -0.488 e. The van der Waals surface area contributed by atoms with Crippen molar-refractivity contribution in [1.82, 2.24) is 4.98 Å². The maximum atomic E-state index is 9.22. The molecule has 0 fully saturated rings. The van der Waals surface area contributed by atoms with Crippen LogP contribution in [0.1, 0.15) is 5.56 Å². The molecule has 1 aromatic heterocycles. The molecule has 4 heteroatoms. The van der Waals surface area contributed by atoms with E-state index in [1.807, 2.05) is 17.5 Å². The van der Waals surface area contributed by atoms with E-state index in [1.54, 1.807) is 18.3 Å². The molecule has 84 valence electrons. The van der Waals surface area contributed by atoms with Crippen LogP contribution in [0, 0.1) is 11.3 Å². The van der Waals surface area contributed by atoms with Gasteiger partial charge in [0.25, 0.3) is 0 Å². The zero-order chi connectivity index (χ0) is 12.1. The highest BCUT2D eigenvalue weighted by molar-refractivity contribution is 7.13. The summed E-state index contributed by atoms with van der Waals surface area (Å²) >= 11 is 1.50. The molecule has 1 heterocycles. The highest BCUT2D eigenvalue weighted by Crippen LogP contribution is 2.31. The van der Waals surface area contributed by atoms with E-state index in [0.717, 1.165) is 10.6 Å². The molecule has 0 aliphatic heterocycles. The second kappa shape index (κ2) is 5.28. The summed E-state index contributed by atoms with van der Waals surface area (Å²) in [6.07, 6.45) is 3.37. The number of hydrogen-bond donors (Lipinski definition) is 0. The van der Waals surface area contributed by atoms with Crippen molar-refractivity contribution in [3.63, 3.8) is 0 Å². The van der Waals surface area contributed by atoms with Crippen LogP contribution in [0.2, 0.25) is 0 Å². The standard InChI is InChI=1S/C13H10N2OS/c1-2-7-16-12-5-3-4-10(11(12)9-14)13-15-6-8-17-13/h2-6,8H,1,7H2. The van der Waals surface area contributed by atoms with E-state index in [0.29, 0.717) is 17.9 Å². The predicted octanol–water partition coefficient (Wildman–Crippen LogP) is 3.25. The van der Waals surface area contributed by atoms with Crippen LogP contribution < -0.4 is 4.74 Å². The lowest BCUT2D eigenvalue weighted by Gasteiger charge is -2.07. The van der Waals surface area contributed by atoms with Crippen LogP contribution in [-0.2, 0) is 0 Å². The van der Waals surface area contributed by atoms with E-state index in [9.17, 15) is 5.26 Å². The van der Waals surface area contributed by atoms with Crippen LogP contribution in [0.25, 0.3) is 10.6 Å². The molecule has 0 spiro atoms. The number of nitriles is 1. The van der Waals surface area contributed by atoms with Crippen molar-refractivity contribution in [3.05, 3.63) is 48.0 Å². The van der Waals surface area contributed by atoms with Crippen molar-refractivity contribution in [2.24, 2.45) is 0 Å². The first kappa shape index (κ1) is 11.4. The summed E-state index contributed by atoms with van der Waals surface area (Å²) < 4.78 is 5.45. The van der Waals surface area contributed by atoms with Gasteiger partial charge in [-0.1, -0.05) is 24.8 Å². The minimum atomic E-state index is 0.385. The van der Waals surface area contributed by atoms with Crippen molar-refractivity contribution in [1.29, 1.82) is 5.26 Å². The van der Waals surface area contributed by atoms with Crippen molar-refractivity contribution < 1.29 is 4.74 Å². The molecule has 1 aromatic carbocycles. The first-order valence-electron chi connectivity index (χ1n) is 5.03. The molecule has 0 bridgehead atoms. The average molecular weight is 242 g/mol. The minimum absolute atomic E-state index is 0.385. The SMILES string of the molecule is C=CCOc1cccc(-c2nccs2)c1C#N. The molecule has 2 rings (SSSR count). The summed E-state index contributed by atoms with van der Waals surface area (Å²) in [6.45, 7) is 3.97. The monoisotopic (exact) mass is 242 g/mol. The molecular formula is C13H10N2OS. The summed E-state index contributed by atoms with van der Waals surface area (Å²) in [6, 6.07) is 7.68. The summed E-state index contributed by atoms with van der Waals surface area (Å²) in [5, 5.41) is 11.9. The average Bonchev–Trinajstić information content (AvgIpc) is 2.89. The zero-order valence-corrected chi connectivity index (χ0v) is 9.91. The Labute approximate surface area is 104 Å².